The molecule has 2 unspecified atom stereocenters. The van der Waals surface area contributed by atoms with Crippen LogP contribution in [0.15, 0.2) is 18.2 Å². The van der Waals surface area contributed by atoms with Gasteiger partial charge in [-0.25, -0.2) is 9.78 Å². The first-order chi connectivity index (χ1) is 10.1. The molecule has 1 aromatic rings. The van der Waals surface area contributed by atoms with Crippen LogP contribution in [0.25, 0.3) is 0 Å². The molecule has 1 N–H and O–H groups in total. The van der Waals surface area contributed by atoms with E-state index in [4.69, 9.17) is 9.47 Å². The van der Waals surface area contributed by atoms with E-state index in [0.717, 1.165) is 6.42 Å². The zero-order valence-corrected chi connectivity index (χ0v) is 12.0. The highest BCUT2D eigenvalue weighted by atomic mass is 16.5. The minimum absolute atomic E-state index is 0.225. The molecule has 7 nitrogen and oxygen atoms in total. The minimum atomic E-state index is -1.13. The number of carbonyl (C=O) groups excluding carboxylic acids is 1. The molecular formula is C14H18N2O5. The summed E-state index contributed by atoms with van der Waals surface area (Å²) >= 11 is 0. The zero-order chi connectivity index (χ0) is 15.4. The summed E-state index contributed by atoms with van der Waals surface area (Å²) in [5, 5.41) is 9.35. The number of aromatic nitrogens is 1. The largest absolute Gasteiger partial charge is 0.481 e. The Hall–Kier alpha value is -2.15. The molecule has 1 saturated heterocycles. The SMILES string of the molecule is CCCN1C(=O)COC(C(=O)O)C1c1cccc(OC)n1. The van der Waals surface area contributed by atoms with Crippen LogP contribution in [0, 0.1) is 0 Å². The average Bonchev–Trinajstić information content (AvgIpc) is 2.49. The maximum absolute atomic E-state index is 12.0. The molecule has 0 spiro atoms. The van der Waals surface area contributed by atoms with Crippen molar-refractivity contribution in [1.82, 2.24) is 9.88 Å². The lowest BCUT2D eigenvalue weighted by molar-refractivity contribution is -0.173. The van der Waals surface area contributed by atoms with Crippen molar-refractivity contribution in [3.05, 3.63) is 23.9 Å². The number of carbonyl (C=O) groups is 2. The first-order valence-electron chi connectivity index (χ1n) is 6.73. The number of ether oxygens (including phenoxy) is 2. The van der Waals surface area contributed by atoms with E-state index in [1.165, 1.54) is 12.0 Å². The van der Waals surface area contributed by atoms with Gasteiger partial charge in [0.2, 0.25) is 11.8 Å². The molecular weight excluding hydrogens is 276 g/mol. The fraction of sp³-hybridized carbons (Fsp3) is 0.500. The predicted octanol–water partition coefficient (Wildman–Crippen LogP) is 0.853. The van der Waals surface area contributed by atoms with Gasteiger partial charge in [0.1, 0.15) is 12.6 Å². The summed E-state index contributed by atoms with van der Waals surface area (Å²) in [6, 6.07) is 4.30. The molecule has 2 rings (SSSR count). The Kier molecular flexibility index (Phi) is 4.74. The second-order valence-electron chi connectivity index (χ2n) is 4.71. The molecule has 0 aromatic carbocycles. The molecule has 1 aliphatic heterocycles. The number of pyridine rings is 1. The standard InChI is InChI=1S/C14H18N2O5/c1-3-7-16-11(17)8-21-13(14(18)19)12(16)9-5-4-6-10(15-9)20-2/h4-6,12-13H,3,7-8H2,1-2H3,(H,18,19). The van der Waals surface area contributed by atoms with Gasteiger partial charge in [-0.1, -0.05) is 13.0 Å². The van der Waals surface area contributed by atoms with E-state index in [9.17, 15) is 14.7 Å². The number of aliphatic carboxylic acids is 1. The fourth-order valence-corrected chi connectivity index (χ4v) is 2.39. The van der Waals surface area contributed by atoms with E-state index in [2.05, 4.69) is 4.98 Å². The van der Waals surface area contributed by atoms with E-state index in [1.54, 1.807) is 18.2 Å². The van der Waals surface area contributed by atoms with Gasteiger partial charge in [-0.2, -0.15) is 0 Å². The van der Waals surface area contributed by atoms with Crippen LogP contribution in [0.4, 0.5) is 0 Å². The summed E-state index contributed by atoms with van der Waals surface area (Å²) in [5.74, 6) is -0.978. The second kappa shape index (κ2) is 6.53. The van der Waals surface area contributed by atoms with Crippen LogP contribution in [-0.2, 0) is 14.3 Å². The molecule has 7 heteroatoms. The molecule has 114 valence electrons. The van der Waals surface area contributed by atoms with Gasteiger partial charge in [0.25, 0.3) is 0 Å². The lowest BCUT2D eigenvalue weighted by atomic mass is 10.0. The number of amides is 1. The third-order valence-electron chi connectivity index (χ3n) is 3.29. The van der Waals surface area contributed by atoms with E-state index in [0.29, 0.717) is 18.1 Å². The van der Waals surface area contributed by atoms with Crippen molar-refractivity contribution in [3.8, 4) is 5.88 Å². The van der Waals surface area contributed by atoms with Crippen molar-refractivity contribution >= 4 is 11.9 Å². The van der Waals surface area contributed by atoms with Gasteiger partial charge in [-0.05, 0) is 12.5 Å². The Labute approximate surface area is 122 Å². The van der Waals surface area contributed by atoms with Crippen molar-refractivity contribution in [2.24, 2.45) is 0 Å². The molecule has 1 amide bonds. The molecule has 0 aliphatic carbocycles. The van der Waals surface area contributed by atoms with E-state index < -0.39 is 18.1 Å². The maximum Gasteiger partial charge on any atom is 0.335 e. The normalized spacial score (nSPS) is 22.2. The Bertz CT molecular complexity index is 534. The minimum Gasteiger partial charge on any atom is -0.481 e. The van der Waals surface area contributed by atoms with Crippen LogP contribution in [0.5, 0.6) is 5.88 Å². The number of carboxylic acid groups (broad SMARTS) is 1. The van der Waals surface area contributed by atoms with Crippen molar-refractivity contribution in [2.75, 3.05) is 20.3 Å². The first-order valence-corrected chi connectivity index (χ1v) is 6.73. The molecule has 2 atom stereocenters. The van der Waals surface area contributed by atoms with Crippen molar-refractivity contribution in [3.63, 3.8) is 0 Å². The number of rotatable bonds is 5. The van der Waals surface area contributed by atoms with Gasteiger partial charge < -0.3 is 19.5 Å². The Morgan fingerprint density at radius 1 is 1.57 bits per heavy atom. The quantitative estimate of drug-likeness (QED) is 0.866. The summed E-state index contributed by atoms with van der Waals surface area (Å²) in [7, 11) is 1.48. The first kappa shape index (κ1) is 15.2. The maximum atomic E-state index is 12.0. The van der Waals surface area contributed by atoms with Crippen LogP contribution in [0.1, 0.15) is 25.1 Å². The fourth-order valence-electron chi connectivity index (χ4n) is 2.39. The van der Waals surface area contributed by atoms with Crippen molar-refractivity contribution < 1.29 is 24.2 Å². The Morgan fingerprint density at radius 2 is 2.33 bits per heavy atom. The second-order valence-corrected chi connectivity index (χ2v) is 4.71. The summed E-state index contributed by atoms with van der Waals surface area (Å²) in [5.41, 5.74) is 0.447. The van der Waals surface area contributed by atoms with Gasteiger partial charge in [0.05, 0.1) is 12.8 Å². The molecule has 0 bridgehead atoms. The smallest absolute Gasteiger partial charge is 0.335 e. The van der Waals surface area contributed by atoms with Crippen LogP contribution in [0.2, 0.25) is 0 Å². The molecule has 1 aliphatic rings. The highest BCUT2D eigenvalue weighted by Gasteiger charge is 2.42. The van der Waals surface area contributed by atoms with E-state index >= 15 is 0 Å². The molecule has 1 fully saturated rings. The number of hydrogen-bond acceptors (Lipinski definition) is 5. The lowest BCUT2D eigenvalue weighted by Crippen LogP contribution is -2.52. The van der Waals surface area contributed by atoms with Gasteiger partial charge in [-0.3, -0.25) is 4.79 Å². The number of methoxy groups -OCH3 is 1. The van der Waals surface area contributed by atoms with Crippen LogP contribution in [-0.4, -0.2) is 53.2 Å². The van der Waals surface area contributed by atoms with E-state index in [-0.39, 0.29) is 12.5 Å². The third kappa shape index (κ3) is 3.13. The lowest BCUT2D eigenvalue weighted by Gasteiger charge is -2.38. The highest BCUT2D eigenvalue weighted by Crippen LogP contribution is 2.30. The topological polar surface area (TPSA) is 89.0 Å². The molecule has 2 heterocycles. The van der Waals surface area contributed by atoms with Gasteiger partial charge in [0, 0.05) is 12.6 Å². The zero-order valence-electron chi connectivity index (χ0n) is 12.0. The Balaban J connectivity index is 2.43. The highest BCUT2D eigenvalue weighted by molar-refractivity contribution is 5.82. The Morgan fingerprint density at radius 3 is 2.95 bits per heavy atom. The molecule has 1 aromatic heterocycles. The number of carboxylic acids is 1. The molecule has 21 heavy (non-hydrogen) atoms. The number of nitrogens with zero attached hydrogens (tertiary/aromatic N) is 2. The van der Waals surface area contributed by atoms with Gasteiger partial charge in [0.15, 0.2) is 6.10 Å². The van der Waals surface area contributed by atoms with Crippen LogP contribution in [0.3, 0.4) is 0 Å². The third-order valence-corrected chi connectivity index (χ3v) is 3.29. The van der Waals surface area contributed by atoms with Crippen LogP contribution >= 0.6 is 0 Å². The monoisotopic (exact) mass is 294 g/mol. The molecule has 0 saturated carbocycles. The van der Waals surface area contributed by atoms with Crippen LogP contribution < -0.4 is 4.74 Å². The average molecular weight is 294 g/mol. The van der Waals surface area contributed by atoms with Gasteiger partial charge >= 0.3 is 5.97 Å². The van der Waals surface area contributed by atoms with Crippen molar-refractivity contribution in [2.45, 2.75) is 25.5 Å². The molecule has 0 radical (unpaired) electrons. The van der Waals surface area contributed by atoms with Gasteiger partial charge in [-0.15, -0.1) is 0 Å². The van der Waals surface area contributed by atoms with Crippen molar-refractivity contribution in [1.29, 1.82) is 0 Å². The summed E-state index contributed by atoms with van der Waals surface area (Å²) in [6.45, 7) is 2.15. The number of hydrogen-bond donors (Lipinski definition) is 1. The predicted molar refractivity (Wildman–Crippen MR) is 72.9 cm³/mol. The summed E-state index contributed by atoms with van der Waals surface area (Å²) < 4.78 is 10.3. The number of morpholine rings is 1. The van der Waals surface area contributed by atoms with E-state index in [1.807, 2.05) is 6.92 Å². The summed E-state index contributed by atoms with van der Waals surface area (Å²) in [4.78, 5) is 29.2. The summed E-state index contributed by atoms with van der Waals surface area (Å²) in [6.07, 6.45) is -0.410.